The second-order valence-corrected chi connectivity index (χ2v) is 6.44. The lowest BCUT2D eigenvalue weighted by Crippen LogP contribution is -2.27. The minimum atomic E-state index is 0.0206. The van der Waals surface area contributed by atoms with Crippen LogP contribution >= 0.6 is 15.9 Å². The summed E-state index contributed by atoms with van der Waals surface area (Å²) < 4.78 is 1.03. The normalized spacial score (nSPS) is 13.7. The minimum Gasteiger partial charge on any atom is -0.350 e. The van der Waals surface area contributed by atoms with E-state index in [0.717, 1.165) is 35.7 Å². The second-order valence-electron chi connectivity index (χ2n) is 5.58. The molecule has 0 aliphatic heterocycles. The van der Waals surface area contributed by atoms with Crippen molar-refractivity contribution >= 4 is 21.8 Å². The molecule has 0 saturated heterocycles. The zero-order valence-electron chi connectivity index (χ0n) is 13.1. The molecule has 21 heavy (non-hydrogen) atoms. The molecule has 0 radical (unpaired) electrons. The van der Waals surface area contributed by atoms with Crippen LogP contribution < -0.4 is 11.1 Å². The van der Waals surface area contributed by atoms with E-state index in [1.54, 1.807) is 0 Å². The third-order valence-corrected chi connectivity index (χ3v) is 4.52. The summed E-state index contributed by atoms with van der Waals surface area (Å²) >= 11 is 3.52. The zero-order valence-corrected chi connectivity index (χ0v) is 14.7. The van der Waals surface area contributed by atoms with Crippen LogP contribution in [0.15, 0.2) is 28.7 Å². The molecule has 0 aliphatic rings. The minimum absolute atomic E-state index is 0.0206. The van der Waals surface area contributed by atoms with Crippen molar-refractivity contribution < 1.29 is 4.79 Å². The van der Waals surface area contributed by atoms with Crippen LogP contribution in [0.1, 0.15) is 57.6 Å². The van der Waals surface area contributed by atoms with Crippen LogP contribution in [0, 0.1) is 5.92 Å². The van der Waals surface area contributed by atoms with E-state index in [4.69, 9.17) is 5.73 Å². The lowest BCUT2D eigenvalue weighted by molar-refractivity contribution is -0.122. The van der Waals surface area contributed by atoms with Gasteiger partial charge in [-0.15, -0.1) is 0 Å². The summed E-state index contributed by atoms with van der Waals surface area (Å²) in [5.41, 5.74) is 6.74. The fourth-order valence-corrected chi connectivity index (χ4v) is 3.26. The molecule has 1 rings (SSSR count). The van der Waals surface area contributed by atoms with Gasteiger partial charge in [-0.05, 0) is 43.9 Å². The van der Waals surface area contributed by atoms with Gasteiger partial charge in [-0.1, -0.05) is 53.9 Å². The van der Waals surface area contributed by atoms with Crippen LogP contribution in [-0.2, 0) is 4.79 Å². The first-order valence-electron chi connectivity index (χ1n) is 7.82. The highest BCUT2D eigenvalue weighted by atomic mass is 79.9. The molecule has 2 unspecified atom stereocenters. The molecule has 118 valence electrons. The smallest absolute Gasteiger partial charge is 0.220 e. The van der Waals surface area contributed by atoms with E-state index in [0.29, 0.717) is 18.9 Å². The summed E-state index contributed by atoms with van der Waals surface area (Å²) in [6, 6.07) is 8.01. The van der Waals surface area contributed by atoms with Gasteiger partial charge >= 0.3 is 0 Å². The number of benzene rings is 1. The summed E-state index contributed by atoms with van der Waals surface area (Å²) in [5, 5.41) is 3.08. The van der Waals surface area contributed by atoms with Gasteiger partial charge in [0.25, 0.3) is 0 Å². The van der Waals surface area contributed by atoms with Crippen molar-refractivity contribution in [3.05, 3.63) is 34.3 Å². The van der Waals surface area contributed by atoms with Gasteiger partial charge in [-0.25, -0.2) is 0 Å². The Bertz CT molecular complexity index is 431. The number of nitrogens with one attached hydrogen (secondary N) is 1. The van der Waals surface area contributed by atoms with Crippen molar-refractivity contribution in [3.8, 4) is 0 Å². The number of carbonyl (C=O) groups is 1. The quantitative estimate of drug-likeness (QED) is 0.698. The molecule has 0 fully saturated rings. The molecule has 0 heterocycles. The summed E-state index contributed by atoms with van der Waals surface area (Å²) in [4.78, 5) is 12.1. The molecule has 2 atom stereocenters. The summed E-state index contributed by atoms with van der Waals surface area (Å²) in [6.07, 6.45) is 4.84. The Morgan fingerprint density at radius 2 is 2.00 bits per heavy atom. The highest BCUT2D eigenvalue weighted by molar-refractivity contribution is 9.10. The molecular formula is C17H27BrN2O. The van der Waals surface area contributed by atoms with Crippen molar-refractivity contribution in [2.24, 2.45) is 11.7 Å². The summed E-state index contributed by atoms with van der Waals surface area (Å²) in [5.74, 6) is 0.695. The molecule has 1 aromatic rings. The number of hydrogen-bond donors (Lipinski definition) is 2. The van der Waals surface area contributed by atoms with E-state index in [1.165, 1.54) is 0 Å². The van der Waals surface area contributed by atoms with E-state index < -0.39 is 0 Å². The number of rotatable bonds is 9. The SMILES string of the molecule is CCCC(CCN)CCC(=O)NC(C)c1ccccc1Br. The van der Waals surface area contributed by atoms with Gasteiger partial charge in [-0.2, -0.15) is 0 Å². The predicted molar refractivity (Wildman–Crippen MR) is 92.0 cm³/mol. The van der Waals surface area contributed by atoms with Crippen LogP contribution in [0.5, 0.6) is 0 Å². The Hall–Kier alpha value is -0.870. The van der Waals surface area contributed by atoms with Crippen LogP contribution in [0.4, 0.5) is 0 Å². The number of nitrogens with two attached hydrogens (primary N) is 1. The molecule has 0 aromatic heterocycles. The first-order valence-corrected chi connectivity index (χ1v) is 8.61. The zero-order chi connectivity index (χ0) is 15.7. The third-order valence-electron chi connectivity index (χ3n) is 3.80. The van der Waals surface area contributed by atoms with Gasteiger partial charge in [0, 0.05) is 10.9 Å². The number of carbonyl (C=O) groups excluding carboxylic acids is 1. The van der Waals surface area contributed by atoms with Gasteiger partial charge in [-0.3, -0.25) is 4.79 Å². The Labute approximate surface area is 136 Å². The predicted octanol–water partition coefficient (Wildman–Crippen LogP) is 4.17. The molecule has 0 saturated carbocycles. The monoisotopic (exact) mass is 354 g/mol. The van der Waals surface area contributed by atoms with Crippen molar-refractivity contribution in [2.45, 2.75) is 52.0 Å². The Morgan fingerprint density at radius 1 is 1.29 bits per heavy atom. The number of hydrogen-bond acceptors (Lipinski definition) is 2. The number of amides is 1. The fraction of sp³-hybridized carbons (Fsp3) is 0.588. The fourth-order valence-electron chi connectivity index (χ4n) is 2.63. The van der Waals surface area contributed by atoms with Gasteiger partial charge in [0.2, 0.25) is 5.91 Å². The largest absolute Gasteiger partial charge is 0.350 e. The molecule has 1 amide bonds. The molecule has 3 N–H and O–H groups in total. The van der Waals surface area contributed by atoms with E-state index in [1.807, 2.05) is 31.2 Å². The van der Waals surface area contributed by atoms with Crippen LogP contribution in [0.2, 0.25) is 0 Å². The molecule has 1 aromatic carbocycles. The highest BCUT2D eigenvalue weighted by Gasteiger charge is 2.14. The summed E-state index contributed by atoms with van der Waals surface area (Å²) in [7, 11) is 0. The first kappa shape index (κ1) is 18.2. The maximum absolute atomic E-state index is 12.1. The van der Waals surface area contributed by atoms with Crippen LogP contribution in [0.25, 0.3) is 0 Å². The lowest BCUT2D eigenvalue weighted by Gasteiger charge is -2.18. The second kappa shape index (κ2) is 9.96. The van der Waals surface area contributed by atoms with Crippen molar-refractivity contribution in [2.75, 3.05) is 6.54 Å². The first-order chi connectivity index (χ1) is 10.1. The van der Waals surface area contributed by atoms with E-state index in [9.17, 15) is 4.79 Å². The van der Waals surface area contributed by atoms with Gasteiger partial charge < -0.3 is 11.1 Å². The molecule has 3 nitrogen and oxygen atoms in total. The molecule has 0 spiro atoms. The maximum Gasteiger partial charge on any atom is 0.220 e. The highest BCUT2D eigenvalue weighted by Crippen LogP contribution is 2.23. The van der Waals surface area contributed by atoms with Crippen molar-refractivity contribution in [1.29, 1.82) is 0 Å². The van der Waals surface area contributed by atoms with Gasteiger partial charge in [0.15, 0.2) is 0 Å². The van der Waals surface area contributed by atoms with Crippen LogP contribution in [0.3, 0.4) is 0 Å². The number of halogens is 1. The molecule has 0 aliphatic carbocycles. The van der Waals surface area contributed by atoms with Crippen molar-refractivity contribution in [3.63, 3.8) is 0 Å². The topological polar surface area (TPSA) is 55.1 Å². The Kier molecular flexibility index (Phi) is 8.62. The molecule has 4 heteroatoms. The third kappa shape index (κ3) is 6.62. The van der Waals surface area contributed by atoms with Gasteiger partial charge in [0.05, 0.1) is 6.04 Å². The maximum atomic E-state index is 12.1. The van der Waals surface area contributed by atoms with Gasteiger partial charge in [0.1, 0.15) is 0 Å². The Morgan fingerprint density at radius 3 is 2.62 bits per heavy atom. The lowest BCUT2D eigenvalue weighted by atomic mass is 9.94. The van der Waals surface area contributed by atoms with E-state index in [2.05, 4.69) is 28.2 Å². The Balaban J connectivity index is 2.44. The average molecular weight is 355 g/mol. The van der Waals surface area contributed by atoms with E-state index >= 15 is 0 Å². The van der Waals surface area contributed by atoms with E-state index in [-0.39, 0.29) is 11.9 Å². The molecule has 0 bridgehead atoms. The summed E-state index contributed by atoms with van der Waals surface area (Å²) in [6.45, 7) is 4.90. The average Bonchev–Trinajstić information content (AvgIpc) is 2.45. The van der Waals surface area contributed by atoms with Crippen LogP contribution in [-0.4, -0.2) is 12.5 Å². The standard InChI is InChI=1S/C17H27BrN2O/c1-3-6-14(11-12-19)9-10-17(21)20-13(2)15-7-4-5-8-16(15)18/h4-5,7-8,13-14H,3,6,9-12,19H2,1-2H3,(H,20,21). The van der Waals surface area contributed by atoms with Crippen molar-refractivity contribution in [1.82, 2.24) is 5.32 Å². The molecular weight excluding hydrogens is 328 g/mol.